The van der Waals surface area contributed by atoms with Crippen LogP contribution in [-0.2, 0) is 20.7 Å². The molecule has 5 N–H and O–H groups in total. The van der Waals surface area contributed by atoms with E-state index in [1.165, 1.54) is 0 Å². The first-order valence-corrected chi connectivity index (χ1v) is 16.2. The summed E-state index contributed by atoms with van der Waals surface area (Å²) in [6.07, 6.45) is 5.58. The van der Waals surface area contributed by atoms with Crippen LogP contribution in [0.3, 0.4) is 0 Å². The van der Waals surface area contributed by atoms with Crippen LogP contribution in [0.2, 0.25) is 0 Å². The molecule has 2 atom stereocenters. The third-order valence-electron chi connectivity index (χ3n) is 9.13. The number of rotatable bonds is 2. The number of phenols is 1. The summed E-state index contributed by atoms with van der Waals surface area (Å²) in [6.45, 7) is 4.85. The number of hydrogen-bond acceptors (Lipinski definition) is 7. The van der Waals surface area contributed by atoms with Crippen molar-refractivity contribution in [1.82, 2.24) is 20.4 Å². The summed E-state index contributed by atoms with van der Waals surface area (Å²) in [5, 5.41) is 16.5. The predicted molar refractivity (Wildman–Crippen MR) is 184 cm³/mol. The Hall–Kier alpha value is -2.89. The van der Waals surface area contributed by atoms with E-state index in [1.54, 1.807) is 18.2 Å². The first-order chi connectivity index (χ1) is 21.4. The van der Waals surface area contributed by atoms with Crippen LogP contribution in [0.4, 0.5) is 0 Å². The number of likely N-dealkylation sites (tertiary alicyclic amines) is 1. The fraction of sp³-hybridized carbons (Fsp3) is 0.559. The molecule has 2 aromatic rings. The number of benzene rings is 2. The molecule has 3 aliphatic heterocycles. The monoisotopic (exact) mass is 677 g/mol. The Kier molecular flexibility index (Phi) is 15.1. The second-order valence-electron chi connectivity index (χ2n) is 12.4. The standard InChI is InChI=1S/C34H47N5O5.2ClH/c35-28-9-8-27(22-39(23-28)29-12-18-44-19-13-29)34(43)38-16-2-6-32(41)36-15-11-24-7-10-31(40)30(20-24)25-4-1-5-26(21-25)33(42)37-14-3-17-38;;/h1,4-5,7,10,20-21,27-29,40H,2-3,6,8-9,11-19,22-23,35H2,(H,36,41)(H,37,42);2*1H/t27-,28+;;/m0../s1. The van der Waals surface area contributed by atoms with Gasteiger partial charge in [-0.3, -0.25) is 19.3 Å². The van der Waals surface area contributed by atoms with Crippen LogP contribution in [0.5, 0.6) is 5.75 Å². The summed E-state index contributed by atoms with van der Waals surface area (Å²) in [6, 6.07) is 13.0. The number of amides is 3. The Bertz CT molecular complexity index is 1310. The molecule has 0 unspecified atom stereocenters. The number of halogens is 2. The fourth-order valence-electron chi connectivity index (χ4n) is 6.63. The smallest absolute Gasteiger partial charge is 0.251 e. The van der Waals surface area contributed by atoms with E-state index in [-0.39, 0.29) is 60.2 Å². The first-order valence-electron chi connectivity index (χ1n) is 16.2. The lowest BCUT2D eigenvalue weighted by atomic mass is 9.98. The summed E-state index contributed by atoms with van der Waals surface area (Å²) in [4.78, 5) is 44.1. The summed E-state index contributed by atoms with van der Waals surface area (Å²) in [5.41, 5.74) is 9.32. The van der Waals surface area contributed by atoms with Crippen LogP contribution in [0.25, 0.3) is 11.1 Å². The van der Waals surface area contributed by atoms with E-state index < -0.39 is 0 Å². The van der Waals surface area contributed by atoms with Gasteiger partial charge >= 0.3 is 0 Å². The molecule has 0 aliphatic carbocycles. The maximum atomic E-state index is 14.0. The van der Waals surface area contributed by atoms with Crippen molar-refractivity contribution in [1.29, 1.82) is 0 Å². The Labute approximate surface area is 284 Å². The van der Waals surface area contributed by atoms with Gasteiger partial charge in [0.2, 0.25) is 11.8 Å². The van der Waals surface area contributed by atoms with Crippen LogP contribution >= 0.6 is 24.8 Å². The van der Waals surface area contributed by atoms with Gasteiger partial charge in [0, 0.05) is 82.1 Å². The second-order valence-corrected chi connectivity index (χ2v) is 12.4. The lowest BCUT2D eigenvalue weighted by Gasteiger charge is -2.36. The van der Waals surface area contributed by atoms with Crippen molar-refractivity contribution in [3.8, 4) is 16.9 Å². The number of carbonyl (C=O) groups excluding carboxylic acids is 3. The molecule has 10 nitrogen and oxygen atoms in total. The Morgan fingerprint density at radius 3 is 2.43 bits per heavy atom. The van der Waals surface area contributed by atoms with Crippen LogP contribution in [0, 0.1) is 5.92 Å². The van der Waals surface area contributed by atoms with E-state index in [2.05, 4.69) is 15.5 Å². The minimum absolute atomic E-state index is 0. The van der Waals surface area contributed by atoms with Gasteiger partial charge in [-0.25, -0.2) is 0 Å². The Balaban J connectivity index is 0.00000288. The maximum Gasteiger partial charge on any atom is 0.251 e. The molecule has 0 radical (unpaired) electrons. The molecule has 4 bridgehead atoms. The molecular weight excluding hydrogens is 629 g/mol. The average molecular weight is 679 g/mol. The van der Waals surface area contributed by atoms with Gasteiger partial charge in [0.25, 0.3) is 5.91 Å². The van der Waals surface area contributed by atoms with Crippen molar-refractivity contribution in [2.45, 2.75) is 63.5 Å². The number of nitrogens with two attached hydrogens (primary N) is 1. The van der Waals surface area contributed by atoms with Crippen LogP contribution in [-0.4, -0.2) is 97.2 Å². The molecule has 0 spiro atoms. The number of aromatic hydroxyl groups is 1. The highest BCUT2D eigenvalue weighted by atomic mass is 35.5. The van der Waals surface area contributed by atoms with Gasteiger partial charge in [0.15, 0.2) is 0 Å². The third kappa shape index (κ3) is 10.3. The Morgan fingerprint density at radius 2 is 1.63 bits per heavy atom. The third-order valence-corrected chi connectivity index (χ3v) is 9.13. The summed E-state index contributed by atoms with van der Waals surface area (Å²) in [7, 11) is 0. The van der Waals surface area contributed by atoms with Gasteiger partial charge in [-0.15, -0.1) is 24.8 Å². The lowest BCUT2D eigenvalue weighted by molar-refractivity contribution is -0.137. The molecule has 254 valence electrons. The highest BCUT2D eigenvalue weighted by molar-refractivity contribution is 5.95. The summed E-state index contributed by atoms with van der Waals surface area (Å²) < 4.78 is 5.57. The van der Waals surface area contributed by atoms with E-state index >= 15 is 0 Å². The van der Waals surface area contributed by atoms with E-state index in [0.29, 0.717) is 75.6 Å². The fourth-order valence-corrected chi connectivity index (χ4v) is 6.63. The van der Waals surface area contributed by atoms with Gasteiger partial charge in [0.05, 0.1) is 5.92 Å². The molecule has 2 fully saturated rings. The van der Waals surface area contributed by atoms with Gasteiger partial charge in [-0.2, -0.15) is 0 Å². The van der Waals surface area contributed by atoms with E-state index in [0.717, 1.165) is 56.6 Å². The molecule has 5 rings (SSSR count). The minimum atomic E-state index is -0.196. The number of nitrogens with one attached hydrogen (secondary N) is 2. The molecule has 3 aliphatic rings. The predicted octanol–water partition coefficient (Wildman–Crippen LogP) is 3.52. The molecular formula is C34H49Cl2N5O5. The zero-order chi connectivity index (χ0) is 30.9. The van der Waals surface area contributed by atoms with Crippen LogP contribution in [0.15, 0.2) is 42.5 Å². The van der Waals surface area contributed by atoms with Crippen molar-refractivity contribution in [3.05, 3.63) is 53.6 Å². The van der Waals surface area contributed by atoms with Crippen LogP contribution in [0.1, 0.15) is 60.9 Å². The quantitative estimate of drug-likeness (QED) is 0.382. The van der Waals surface area contributed by atoms with Gasteiger partial charge in [-0.05, 0) is 80.3 Å². The zero-order valence-electron chi connectivity index (χ0n) is 26.5. The normalized spacial score (nSPS) is 22.8. The minimum Gasteiger partial charge on any atom is -0.507 e. The largest absolute Gasteiger partial charge is 0.507 e. The molecule has 2 aromatic carbocycles. The number of fused-ring (bicyclic) bond motifs is 5. The van der Waals surface area contributed by atoms with E-state index in [4.69, 9.17) is 10.5 Å². The molecule has 2 saturated heterocycles. The Morgan fingerprint density at radius 1 is 0.870 bits per heavy atom. The van der Waals surface area contributed by atoms with Gasteiger partial charge in [-0.1, -0.05) is 18.2 Å². The van der Waals surface area contributed by atoms with Gasteiger partial charge in [0.1, 0.15) is 5.75 Å². The molecule has 3 amide bonds. The SMILES string of the molecule is Cl.Cl.N[C@@H]1CC[C@H](C(=O)N2CCCNC(=O)c3cccc(c3)-c3cc(ccc3O)CCNC(=O)CCC2)CN(C2CCOCC2)C1. The van der Waals surface area contributed by atoms with E-state index in [9.17, 15) is 19.5 Å². The van der Waals surface area contributed by atoms with E-state index in [1.807, 2.05) is 29.2 Å². The highest BCUT2D eigenvalue weighted by Gasteiger charge is 2.33. The zero-order valence-corrected chi connectivity index (χ0v) is 28.1. The molecule has 12 heteroatoms. The molecule has 0 aromatic heterocycles. The molecule has 3 heterocycles. The van der Waals surface area contributed by atoms with Crippen molar-refractivity contribution >= 4 is 42.5 Å². The van der Waals surface area contributed by atoms with Crippen molar-refractivity contribution in [3.63, 3.8) is 0 Å². The average Bonchev–Trinajstić information content (AvgIpc) is 3.24. The van der Waals surface area contributed by atoms with Crippen molar-refractivity contribution in [2.75, 3.05) is 52.5 Å². The number of nitrogens with zero attached hydrogens (tertiary/aromatic N) is 2. The first kappa shape index (κ1) is 37.6. The van der Waals surface area contributed by atoms with Crippen LogP contribution < -0.4 is 16.4 Å². The van der Waals surface area contributed by atoms with Crippen molar-refractivity contribution in [2.24, 2.45) is 11.7 Å². The second kappa shape index (κ2) is 18.4. The number of carbonyl (C=O) groups is 3. The van der Waals surface area contributed by atoms with Crippen molar-refractivity contribution < 1.29 is 24.2 Å². The summed E-state index contributed by atoms with van der Waals surface area (Å²) >= 11 is 0. The number of ether oxygens (including phenoxy) is 1. The highest BCUT2D eigenvalue weighted by Crippen LogP contribution is 2.31. The topological polar surface area (TPSA) is 137 Å². The number of phenolic OH excluding ortho intramolecular Hbond substituents is 1. The van der Waals surface area contributed by atoms with Gasteiger partial charge < -0.3 is 31.1 Å². The summed E-state index contributed by atoms with van der Waals surface area (Å²) in [5.74, 6) is -0.137. The lowest BCUT2D eigenvalue weighted by Crippen LogP contribution is -2.48. The molecule has 0 saturated carbocycles. The maximum absolute atomic E-state index is 14.0. The molecule has 46 heavy (non-hydrogen) atoms. The number of hydrogen-bond donors (Lipinski definition) is 4.